The Morgan fingerprint density at radius 3 is 1.57 bits per heavy atom. The van der Waals surface area contributed by atoms with Gasteiger partial charge < -0.3 is 0 Å². The summed E-state index contributed by atoms with van der Waals surface area (Å²) >= 11 is 4.81. The van der Waals surface area contributed by atoms with Crippen molar-refractivity contribution >= 4 is 53.4 Å². The van der Waals surface area contributed by atoms with Gasteiger partial charge >= 0.3 is 96.2 Å². The fraction of sp³-hybridized carbons (Fsp3) is 0. The number of fused-ring (bicyclic) bond motifs is 1. The molecule has 0 amide bonds. The molecule has 0 fully saturated rings. The number of hydrogen-bond donors (Lipinski definition) is 2. The number of benzene rings is 1. The van der Waals surface area contributed by atoms with Gasteiger partial charge in [-0.05, 0) is 0 Å². The molecule has 1 aromatic carbocycles. The van der Waals surface area contributed by atoms with Crippen molar-refractivity contribution in [3.63, 3.8) is 0 Å². The van der Waals surface area contributed by atoms with Gasteiger partial charge in [0, 0.05) is 0 Å². The molecule has 0 aliphatic rings. The van der Waals surface area contributed by atoms with Gasteiger partial charge in [-0.15, -0.1) is 0 Å². The minimum absolute atomic E-state index is 0.622. The zero-order valence-corrected chi connectivity index (χ0v) is 10.6. The fourth-order valence-electron chi connectivity index (χ4n) is 1.14. The van der Waals surface area contributed by atoms with Gasteiger partial charge in [-0.3, -0.25) is 0 Å². The van der Waals surface area contributed by atoms with Crippen LogP contribution in [0.4, 0.5) is 0 Å². The minimum atomic E-state index is -0.622. The molecule has 0 saturated carbocycles. The van der Waals surface area contributed by atoms with Crippen LogP contribution in [0.2, 0.25) is 0 Å². The van der Waals surface area contributed by atoms with Gasteiger partial charge in [0.25, 0.3) is 0 Å². The second-order valence-electron chi connectivity index (χ2n) is 2.79. The van der Waals surface area contributed by atoms with Gasteiger partial charge in [0.05, 0.1) is 0 Å². The maximum atomic E-state index is 11.0. The Morgan fingerprint density at radius 1 is 0.857 bits per heavy atom. The number of aromatic nitrogens is 2. The second-order valence-corrected chi connectivity index (χ2v) is 4.82. The third-order valence-electron chi connectivity index (χ3n) is 1.82. The van der Waals surface area contributed by atoms with E-state index in [2.05, 4.69) is 43.7 Å². The fourth-order valence-corrected chi connectivity index (χ4v) is 1.95. The monoisotopic (exact) mass is 310 g/mol. The molecule has 2 rings (SSSR count). The Hall–Kier alpha value is -0.723. The molecule has 2 aromatic rings. The number of aromatic amines is 2. The van der Waals surface area contributed by atoms with E-state index >= 15 is 0 Å². The summed E-state index contributed by atoms with van der Waals surface area (Å²) in [4.78, 5) is 27.1. The third-order valence-corrected chi connectivity index (χ3v) is 4.20. The first-order valence-corrected chi connectivity index (χ1v) is 5.64. The summed E-state index contributed by atoms with van der Waals surface area (Å²) in [7, 11) is 0. The van der Waals surface area contributed by atoms with Gasteiger partial charge in [0.2, 0.25) is 0 Å². The predicted molar refractivity (Wildman–Crippen MR) is 56.0 cm³/mol. The van der Waals surface area contributed by atoms with E-state index in [4.69, 9.17) is 0 Å². The van der Waals surface area contributed by atoms with Gasteiger partial charge in [-0.25, -0.2) is 0 Å². The molecule has 0 aliphatic carbocycles. The predicted octanol–water partition coefficient (Wildman–Crippen LogP) is -2.20. The van der Waals surface area contributed by atoms with Crippen molar-refractivity contribution in [3.05, 3.63) is 32.8 Å². The van der Waals surface area contributed by atoms with Crippen LogP contribution in [0, 0.1) is 0 Å². The summed E-state index contributed by atoms with van der Waals surface area (Å²) in [6, 6.07) is 3.61. The van der Waals surface area contributed by atoms with Crippen LogP contribution in [0.1, 0.15) is 0 Å². The van der Waals surface area contributed by atoms with E-state index in [1.807, 2.05) is 0 Å². The Kier molecular flexibility index (Phi) is 2.42. The molecule has 0 unspecified atom stereocenters. The van der Waals surface area contributed by atoms with Crippen molar-refractivity contribution < 1.29 is 0 Å². The van der Waals surface area contributed by atoms with Crippen LogP contribution in [0.25, 0.3) is 11.0 Å². The first-order chi connectivity index (χ1) is 6.58. The van der Waals surface area contributed by atoms with E-state index in [9.17, 15) is 9.59 Å². The normalized spacial score (nSPS) is 10.7. The molecule has 0 spiro atoms. The molecule has 1 heterocycles. The van der Waals surface area contributed by atoms with Crippen molar-refractivity contribution in [2.45, 2.75) is 0 Å². The van der Waals surface area contributed by atoms with Gasteiger partial charge in [0.15, 0.2) is 0 Å². The molecule has 0 atom stereocenters. The summed E-state index contributed by atoms with van der Waals surface area (Å²) in [5, 5.41) is 0. The van der Waals surface area contributed by atoms with Crippen molar-refractivity contribution in [2.75, 3.05) is 0 Å². The van der Waals surface area contributed by atoms with E-state index < -0.39 is 11.1 Å². The number of H-pyrrole nitrogens is 2. The standard InChI is InChI=1S/C8H4As2N2O2/c9-3-1-5-6(2-4(3)10)12-8(14)7(13)11-5/h1-2H,(H,11,13)(H,12,14). The van der Waals surface area contributed by atoms with Crippen LogP contribution in [-0.4, -0.2) is 43.7 Å². The van der Waals surface area contributed by atoms with Crippen LogP contribution in [-0.2, 0) is 0 Å². The van der Waals surface area contributed by atoms with Gasteiger partial charge in [-0.2, -0.15) is 0 Å². The molecule has 68 valence electrons. The molecule has 1 aromatic heterocycles. The average Bonchev–Trinajstić information content (AvgIpc) is 2.11. The first-order valence-electron chi connectivity index (χ1n) is 3.76. The van der Waals surface area contributed by atoms with E-state index in [1.165, 1.54) is 0 Å². The molecule has 4 nitrogen and oxygen atoms in total. The summed E-state index contributed by atoms with van der Waals surface area (Å²) in [6.07, 6.45) is 0. The molecule has 0 bridgehead atoms. The van der Waals surface area contributed by atoms with Crippen LogP contribution in [0.3, 0.4) is 0 Å². The molecule has 6 heteroatoms. The van der Waals surface area contributed by atoms with Crippen molar-refractivity contribution in [3.8, 4) is 0 Å². The Morgan fingerprint density at radius 2 is 1.21 bits per heavy atom. The number of rotatable bonds is 0. The summed E-state index contributed by atoms with van der Waals surface area (Å²) in [5.74, 6) is 0. The Labute approximate surface area is 96.1 Å². The van der Waals surface area contributed by atoms with Crippen LogP contribution in [0.5, 0.6) is 0 Å². The van der Waals surface area contributed by atoms with Crippen LogP contribution in [0.15, 0.2) is 21.7 Å². The topological polar surface area (TPSA) is 65.7 Å². The second kappa shape index (κ2) is 3.45. The molecule has 0 aliphatic heterocycles. The Balaban J connectivity index is 2.97. The van der Waals surface area contributed by atoms with E-state index in [-0.39, 0.29) is 0 Å². The molecule has 4 radical (unpaired) electrons. The molecule has 2 N–H and O–H groups in total. The zero-order valence-electron chi connectivity index (χ0n) is 6.87. The summed E-state index contributed by atoms with van der Waals surface area (Å²) < 4.78 is 1.99. The van der Waals surface area contributed by atoms with Gasteiger partial charge in [-0.1, -0.05) is 0 Å². The van der Waals surface area contributed by atoms with Crippen LogP contribution >= 0.6 is 0 Å². The van der Waals surface area contributed by atoms with E-state index in [0.717, 1.165) is 8.70 Å². The zero-order chi connectivity index (χ0) is 10.3. The van der Waals surface area contributed by atoms with Gasteiger partial charge in [0.1, 0.15) is 0 Å². The molecular formula is C8H4As2N2O2. The first kappa shape index (κ1) is 9.82. The number of nitrogens with one attached hydrogen (secondary N) is 2. The van der Waals surface area contributed by atoms with E-state index in [1.54, 1.807) is 12.1 Å². The average molecular weight is 310 g/mol. The van der Waals surface area contributed by atoms with Crippen molar-refractivity contribution in [1.29, 1.82) is 0 Å². The molecule has 0 saturated heterocycles. The van der Waals surface area contributed by atoms with Crippen molar-refractivity contribution in [1.82, 2.24) is 9.97 Å². The summed E-state index contributed by atoms with van der Waals surface area (Å²) in [6.45, 7) is 0. The maximum absolute atomic E-state index is 11.0. The van der Waals surface area contributed by atoms with Crippen molar-refractivity contribution in [2.24, 2.45) is 0 Å². The Bertz CT molecular complexity index is 560. The third kappa shape index (κ3) is 1.60. The quantitative estimate of drug-likeness (QED) is 0.429. The molecular weight excluding hydrogens is 306 g/mol. The molecule has 14 heavy (non-hydrogen) atoms. The van der Waals surface area contributed by atoms with E-state index in [0.29, 0.717) is 11.0 Å². The number of hydrogen-bond acceptors (Lipinski definition) is 2. The summed E-state index contributed by atoms with van der Waals surface area (Å²) in [5.41, 5.74) is 0.0329. The SMILES string of the molecule is O=c1[nH]c2cc([As])c([As])cc2[nH]c1=O. The van der Waals surface area contributed by atoms with Crippen LogP contribution < -0.4 is 19.8 Å².